The molecular formula is C18H25N5O2. The fourth-order valence-electron chi connectivity index (χ4n) is 3.84. The molecule has 0 bridgehead atoms. The highest BCUT2D eigenvalue weighted by molar-refractivity contribution is 5.19. The number of hydrogen-bond donors (Lipinski definition) is 1. The summed E-state index contributed by atoms with van der Waals surface area (Å²) in [4.78, 5) is 12.4. The van der Waals surface area contributed by atoms with Crippen LogP contribution in [0.5, 0.6) is 0 Å². The normalized spacial score (nSPS) is 23.4. The Hall–Kier alpha value is -1.99. The Labute approximate surface area is 147 Å². The second kappa shape index (κ2) is 7.09. The number of fused-ring (bicyclic) bond motifs is 1. The maximum atomic E-state index is 12.4. The lowest BCUT2D eigenvalue weighted by Gasteiger charge is -2.30. The van der Waals surface area contributed by atoms with Gasteiger partial charge < -0.3 is 10.1 Å². The fraction of sp³-hybridized carbons (Fsp3) is 0.611. The van der Waals surface area contributed by atoms with Crippen molar-refractivity contribution in [3.05, 3.63) is 45.6 Å². The minimum atomic E-state index is 0.00976. The van der Waals surface area contributed by atoms with E-state index >= 15 is 0 Å². The highest BCUT2D eigenvalue weighted by Gasteiger charge is 2.25. The van der Waals surface area contributed by atoms with Crippen molar-refractivity contribution >= 4 is 0 Å². The van der Waals surface area contributed by atoms with E-state index in [-0.39, 0.29) is 11.6 Å². The smallest absolute Gasteiger partial charge is 0.267 e. The lowest BCUT2D eigenvalue weighted by Crippen LogP contribution is -2.37. The van der Waals surface area contributed by atoms with E-state index in [1.54, 1.807) is 10.7 Å². The van der Waals surface area contributed by atoms with Crippen LogP contribution in [0.25, 0.3) is 0 Å². The molecule has 0 saturated heterocycles. The zero-order valence-electron chi connectivity index (χ0n) is 14.6. The van der Waals surface area contributed by atoms with Crippen molar-refractivity contribution in [3.63, 3.8) is 0 Å². The number of nitrogens with zero attached hydrogens (tertiary/aromatic N) is 4. The Morgan fingerprint density at radius 3 is 2.92 bits per heavy atom. The first-order valence-electron chi connectivity index (χ1n) is 9.10. The highest BCUT2D eigenvalue weighted by Crippen LogP contribution is 2.27. The number of hydrogen-bond acceptors (Lipinski definition) is 5. The van der Waals surface area contributed by atoms with Crippen molar-refractivity contribution in [3.8, 4) is 0 Å². The summed E-state index contributed by atoms with van der Waals surface area (Å²) in [5.74, 6) is 0. The molecule has 2 aromatic heterocycles. The van der Waals surface area contributed by atoms with Gasteiger partial charge in [0.2, 0.25) is 0 Å². The summed E-state index contributed by atoms with van der Waals surface area (Å²) in [5, 5.41) is 12.5. The minimum absolute atomic E-state index is 0.00976. The number of ether oxygens (including phenoxy) is 1. The van der Waals surface area contributed by atoms with Gasteiger partial charge in [0.25, 0.3) is 5.56 Å². The van der Waals surface area contributed by atoms with Crippen LogP contribution in [0.3, 0.4) is 0 Å². The highest BCUT2D eigenvalue weighted by atomic mass is 16.5. The van der Waals surface area contributed by atoms with Crippen LogP contribution in [0.15, 0.2) is 23.1 Å². The van der Waals surface area contributed by atoms with Crippen LogP contribution >= 0.6 is 0 Å². The summed E-state index contributed by atoms with van der Waals surface area (Å²) in [6.07, 6.45) is 6.74. The molecule has 3 heterocycles. The number of aromatic nitrogens is 4. The molecule has 1 N–H and O–H groups in total. The van der Waals surface area contributed by atoms with Crippen molar-refractivity contribution in [2.45, 2.75) is 57.3 Å². The average molecular weight is 343 g/mol. The number of nitrogens with one attached hydrogen (secondary N) is 1. The topological polar surface area (TPSA) is 74.0 Å². The minimum Gasteiger partial charge on any atom is -0.376 e. The van der Waals surface area contributed by atoms with Gasteiger partial charge in [-0.15, -0.1) is 0 Å². The summed E-state index contributed by atoms with van der Waals surface area (Å²) in [5.41, 5.74) is 3.19. The molecule has 1 saturated carbocycles. The Balaban J connectivity index is 1.37. The molecule has 4 rings (SSSR count). The molecular weight excluding hydrogens is 318 g/mol. The fourth-order valence-corrected chi connectivity index (χ4v) is 3.84. The van der Waals surface area contributed by atoms with Crippen LogP contribution in [-0.2, 0) is 31.4 Å². The van der Waals surface area contributed by atoms with E-state index < -0.39 is 0 Å². The van der Waals surface area contributed by atoms with E-state index in [2.05, 4.69) is 15.5 Å². The molecule has 1 fully saturated rings. The summed E-state index contributed by atoms with van der Waals surface area (Å²) in [6.45, 7) is 2.05. The number of aryl methyl sites for hydroxylation is 1. The van der Waals surface area contributed by atoms with Crippen molar-refractivity contribution in [2.24, 2.45) is 7.05 Å². The molecule has 0 radical (unpaired) electrons. The van der Waals surface area contributed by atoms with Crippen molar-refractivity contribution in [1.82, 2.24) is 24.9 Å². The van der Waals surface area contributed by atoms with Gasteiger partial charge in [0.1, 0.15) is 0 Å². The van der Waals surface area contributed by atoms with Crippen LogP contribution in [0.1, 0.15) is 48.7 Å². The Bertz CT molecular complexity index is 789. The first-order chi connectivity index (χ1) is 12.2. The third-order valence-electron chi connectivity index (χ3n) is 5.40. The third-order valence-corrected chi connectivity index (χ3v) is 5.40. The maximum absolute atomic E-state index is 12.4. The van der Waals surface area contributed by atoms with Gasteiger partial charge in [-0.25, -0.2) is 4.68 Å². The lowest BCUT2D eigenvalue weighted by molar-refractivity contribution is 0.107. The van der Waals surface area contributed by atoms with Crippen LogP contribution in [-0.4, -0.2) is 32.2 Å². The van der Waals surface area contributed by atoms with E-state index in [9.17, 15) is 4.79 Å². The van der Waals surface area contributed by atoms with Crippen LogP contribution in [0, 0.1) is 0 Å². The molecule has 7 heteroatoms. The van der Waals surface area contributed by atoms with Crippen LogP contribution in [0.4, 0.5) is 0 Å². The van der Waals surface area contributed by atoms with E-state index in [1.165, 1.54) is 5.69 Å². The van der Waals surface area contributed by atoms with E-state index in [0.29, 0.717) is 19.3 Å². The third kappa shape index (κ3) is 3.52. The predicted molar refractivity (Wildman–Crippen MR) is 93.2 cm³/mol. The van der Waals surface area contributed by atoms with E-state index in [1.807, 2.05) is 24.0 Å². The van der Waals surface area contributed by atoms with Crippen molar-refractivity contribution < 1.29 is 4.74 Å². The van der Waals surface area contributed by atoms with Gasteiger partial charge in [0.05, 0.1) is 30.6 Å². The molecule has 1 aliphatic heterocycles. The maximum Gasteiger partial charge on any atom is 0.267 e. The lowest BCUT2D eigenvalue weighted by atomic mass is 9.91. The van der Waals surface area contributed by atoms with E-state index in [0.717, 1.165) is 49.9 Å². The zero-order chi connectivity index (χ0) is 17.2. The number of rotatable bonds is 4. The summed E-state index contributed by atoms with van der Waals surface area (Å²) >= 11 is 0. The molecule has 0 amide bonds. The Morgan fingerprint density at radius 2 is 2.16 bits per heavy atom. The molecule has 0 unspecified atom stereocenters. The molecule has 7 nitrogen and oxygen atoms in total. The molecule has 2 aliphatic rings. The van der Waals surface area contributed by atoms with Gasteiger partial charge >= 0.3 is 0 Å². The standard InChI is InChI=1S/C18H25N5O2/c1-22-16(6-8-20-22)11-19-14-2-4-15(5-3-14)23-18(24)10-13-12-25-9-7-17(13)21-23/h6,8,10,14-15,19H,2-5,7,9,11-12H2,1H3. The Morgan fingerprint density at radius 1 is 1.32 bits per heavy atom. The summed E-state index contributed by atoms with van der Waals surface area (Å²) in [7, 11) is 1.97. The molecule has 0 atom stereocenters. The quantitative estimate of drug-likeness (QED) is 0.906. The van der Waals surface area contributed by atoms with Gasteiger partial charge in [-0.2, -0.15) is 10.2 Å². The average Bonchev–Trinajstić information content (AvgIpc) is 3.05. The second-order valence-corrected chi connectivity index (χ2v) is 7.03. The molecule has 0 aromatic carbocycles. The monoisotopic (exact) mass is 343 g/mol. The molecule has 1 aliphatic carbocycles. The predicted octanol–water partition coefficient (Wildman–Crippen LogP) is 1.32. The van der Waals surface area contributed by atoms with Crippen molar-refractivity contribution in [2.75, 3.05) is 6.61 Å². The van der Waals surface area contributed by atoms with Crippen molar-refractivity contribution in [1.29, 1.82) is 0 Å². The zero-order valence-corrected chi connectivity index (χ0v) is 14.6. The van der Waals surface area contributed by atoms with E-state index in [4.69, 9.17) is 4.74 Å². The summed E-state index contributed by atoms with van der Waals surface area (Å²) in [6, 6.07) is 4.47. The van der Waals surface area contributed by atoms with Gasteiger partial charge in [-0.3, -0.25) is 9.48 Å². The van der Waals surface area contributed by atoms with Gasteiger partial charge in [-0.05, 0) is 31.7 Å². The Kier molecular flexibility index (Phi) is 4.67. The summed E-state index contributed by atoms with van der Waals surface area (Å²) < 4.78 is 9.04. The molecule has 2 aromatic rings. The van der Waals surface area contributed by atoms with Crippen LogP contribution < -0.4 is 10.9 Å². The van der Waals surface area contributed by atoms with Gasteiger partial charge in [0.15, 0.2) is 0 Å². The molecule has 25 heavy (non-hydrogen) atoms. The SMILES string of the molecule is Cn1nccc1CNC1CCC(n2nc3c(cc2=O)COCC3)CC1. The second-order valence-electron chi connectivity index (χ2n) is 7.03. The van der Waals surface area contributed by atoms with Crippen LogP contribution in [0.2, 0.25) is 0 Å². The first kappa shape index (κ1) is 16.5. The van der Waals surface area contributed by atoms with Gasteiger partial charge in [-0.1, -0.05) is 0 Å². The van der Waals surface area contributed by atoms with Gasteiger partial charge in [0, 0.05) is 43.9 Å². The largest absolute Gasteiger partial charge is 0.376 e. The molecule has 0 spiro atoms. The molecule has 134 valence electrons. The first-order valence-corrected chi connectivity index (χ1v) is 9.10.